The Labute approximate surface area is 172 Å². The van der Waals surface area contributed by atoms with Gasteiger partial charge in [-0.25, -0.2) is 8.42 Å². The van der Waals surface area contributed by atoms with Crippen molar-refractivity contribution in [1.29, 1.82) is 0 Å². The quantitative estimate of drug-likeness (QED) is 0.677. The Hall–Kier alpha value is -2.26. The van der Waals surface area contributed by atoms with Crippen molar-refractivity contribution in [2.45, 2.75) is 18.0 Å². The van der Waals surface area contributed by atoms with Crippen molar-refractivity contribution in [2.75, 3.05) is 40.4 Å². The van der Waals surface area contributed by atoms with Gasteiger partial charge in [-0.1, -0.05) is 24.3 Å². The lowest BCUT2D eigenvalue weighted by atomic mass is 10.1. The lowest BCUT2D eigenvalue weighted by Gasteiger charge is -2.26. The zero-order chi connectivity index (χ0) is 20.9. The van der Waals surface area contributed by atoms with E-state index >= 15 is 0 Å². The first kappa shape index (κ1) is 21.4. The van der Waals surface area contributed by atoms with Crippen LogP contribution in [0.3, 0.4) is 0 Å². The number of quaternary nitrogens is 1. The van der Waals surface area contributed by atoms with Crippen LogP contribution in [0.5, 0.6) is 0 Å². The molecular weight excluding hydrogens is 390 g/mol. The molecule has 0 aliphatic carbocycles. The molecule has 0 spiro atoms. The Morgan fingerprint density at radius 3 is 2.17 bits per heavy atom. The van der Waals surface area contributed by atoms with E-state index in [0.717, 1.165) is 12.1 Å². The van der Waals surface area contributed by atoms with Crippen LogP contribution >= 0.6 is 0 Å². The van der Waals surface area contributed by atoms with E-state index in [2.05, 4.69) is 31.5 Å². The second-order valence-corrected chi connectivity index (χ2v) is 9.36. The van der Waals surface area contributed by atoms with Crippen LogP contribution < -0.4 is 10.2 Å². The van der Waals surface area contributed by atoms with Gasteiger partial charge in [-0.05, 0) is 29.8 Å². The molecule has 7 nitrogen and oxygen atoms in total. The monoisotopic (exact) mass is 418 g/mol. The number of morpholine rings is 1. The van der Waals surface area contributed by atoms with E-state index in [1.165, 1.54) is 26.9 Å². The smallest absolute Gasteiger partial charge is 0.251 e. The Bertz CT molecular complexity index is 919. The molecule has 0 radical (unpaired) electrons. The van der Waals surface area contributed by atoms with Gasteiger partial charge in [-0.2, -0.15) is 4.31 Å². The fraction of sp³-hybridized carbons (Fsp3) is 0.381. The molecule has 2 N–H and O–H groups in total. The summed E-state index contributed by atoms with van der Waals surface area (Å²) in [5.41, 5.74) is 2.69. The van der Waals surface area contributed by atoms with Crippen LogP contribution in [0.2, 0.25) is 0 Å². The molecule has 0 unspecified atom stereocenters. The highest BCUT2D eigenvalue weighted by Crippen LogP contribution is 2.17. The first-order valence-corrected chi connectivity index (χ1v) is 11.1. The van der Waals surface area contributed by atoms with E-state index < -0.39 is 10.0 Å². The number of nitrogens with zero attached hydrogens (tertiary/aromatic N) is 1. The molecule has 0 saturated carbocycles. The zero-order valence-electron chi connectivity index (χ0n) is 16.8. The lowest BCUT2D eigenvalue weighted by molar-refractivity contribution is -0.872. The van der Waals surface area contributed by atoms with E-state index in [0.29, 0.717) is 38.4 Å². The van der Waals surface area contributed by atoms with E-state index in [9.17, 15) is 13.2 Å². The Kier molecular flexibility index (Phi) is 7.02. The van der Waals surface area contributed by atoms with Crippen LogP contribution in [0.1, 0.15) is 21.5 Å². The van der Waals surface area contributed by atoms with Crippen LogP contribution in [0.4, 0.5) is 0 Å². The van der Waals surface area contributed by atoms with Crippen LogP contribution in [0.25, 0.3) is 0 Å². The molecule has 2 aromatic carbocycles. The summed E-state index contributed by atoms with van der Waals surface area (Å²) in [4.78, 5) is 13.9. The number of ether oxygens (including phenoxy) is 1. The number of carbonyl (C=O) groups excluding carboxylic acids is 1. The number of rotatable bonds is 7. The highest BCUT2D eigenvalue weighted by molar-refractivity contribution is 7.89. The number of sulfonamides is 1. The summed E-state index contributed by atoms with van der Waals surface area (Å²) in [5.74, 6) is -0.234. The van der Waals surface area contributed by atoms with Gasteiger partial charge >= 0.3 is 0 Å². The molecule has 0 bridgehead atoms. The first-order valence-electron chi connectivity index (χ1n) is 9.69. The maximum absolute atomic E-state index is 12.6. The third-order valence-corrected chi connectivity index (χ3v) is 6.67. The van der Waals surface area contributed by atoms with Crippen LogP contribution in [-0.2, 0) is 27.8 Å². The van der Waals surface area contributed by atoms with Gasteiger partial charge in [-0.3, -0.25) is 4.79 Å². The van der Waals surface area contributed by atoms with Crippen LogP contribution in [0, 0.1) is 0 Å². The average molecular weight is 419 g/mol. The van der Waals surface area contributed by atoms with Gasteiger partial charge in [0.1, 0.15) is 6.54 Å². The average Bonchev–Trinajstić information content (AvgIpc) is 2.73. The summed E-state index contributed by atoms with van der Waals surface area (Å²) < 4.78 is 31.9. The number of hydrogen-bond donors (Lipinski definition) is 2. The second-order valence-electron chi connectivity index (χ2n) is 7.42. The zero-order valence-corrected chi connectivity index (χ0v) is 17.7. The van der Waals surface area contributed by atoms with Crippen LogP contribution in [0.15, 0.2) is 53.4 Å². The molecule has 1 fully saturated rings. The molecule has 8 heteroatoms. The fourth-order valence-corrected chi connectivity index (χ4v) is 4.59. The minimum atomic E-state index is -3.55. The molecular formula is C21H28N3O4S+. The predicted octanol–water partition coefficient (Wildman–Crippen LogP) is 0.282. The fourth-order valence-electron chi connectivity index (χ4n) is 3.18. The highest BCUT2D eigenvalue weighted by atomic mass is 32.2. The minimum absolute atomic E-state index is 0.189. The van der Waals surface area contributed by atoms with Gasteiger partial charge in [0.25, 0.3) is 5.91 Å². The van der Waals surface area contributed by atoms with Gasteiger partial charge in [0.05, 0.1) is 32.2 Å². The Balaban J connectivity index is 1.59. The van der Waals surface area contributed by atoms with Crippen molar-refractivity contribution < 1.29 is 22.8 Å². The molecule has 1 saturated heterocycles. The van der Waals surface area contributed by atoms with E-state index in [1.54, 1.807) is 12.1 Å². The molecule has 29 heavy (non-hydrogen) atoms. The number of carbonyl (C=O) groups is 1. The summed E-state index contributed by atoms with van der Waals surface area (Å²) in [7, 11) is 0.653. The molecule has 156 valence electrons. The van der Waals surface area contributed by atoms with Gasteiger partial charge in [0.2, 0.25) is 10.0 Å². The molecule has 1 heterocycles. The minimum Gasteiger partial charge on any atom is -0.379 e. The van der Waals surface area contributed by atoms with Crippen molar-refractivity contribution in [3.05, 3.63) is 65.2 Å². The molecule has 1 aliphatic heterocycles. The van der Waals surface area contributed by atoms with E-state index in [-0.39, 0.29) is 10.8 Å². The summed E-state index contributed by atoms with van der Waals surface area (Å²) in [6.45, 7) is 2.86. The third kappa shape index (κ3) is 5.63. The number of nitrogens with one attached hydrogen (secondary N) is 2. The summed E-state index contributed by atoms with van der Waals surface area (Å²) in [5, 5.41) is 2.88. The van der Waals surface area contributed by atoms with Crippen molar-refractivity contribution in [3.63, 3.8) is 0 Å². The van der Waals surface area contributed by atoms with E-state index in [1.807, 2.05) is 12.1 Å². The molecule has 1 aliphatic rings. The summed E-state index contributed by atoms with van der Waals surface area (Å²) in [6, 6.07) is 14.2. The van der Waals surface area contributed by atoms with Gasteiger partial charge in [-0.15, -0.1) is 0 Å². The number of amides is 1. The topological polar surface area (TPSA) is 80.2 Å². The number of hydrogen-bond acceptors (Lipinski definition) is 4. The van der Waals surface area contributed by atoms with Gasteiger partial charge in [0, 0.05) is 30.8 Å². The SMILES string of the molecule is C[NH+](C)Cc1ccc(CNC(=O)c2ccc(S(=O)(=O)N3CCOCC3)cc2)cc1. The van der Waals surface area contributed by atoms with Crippen LogP contribution in [-0.4, -0.2) is 59.0 Å². The normalized spacial score (nSPS) is 15.4. The maximum atomic E-state index is 12.6. The maximum Gasteiger partial charge on any atom is 0.251 e. The van der Waals surface area contributed by atoms with Crippen molar-refractivity contribution in [1.82, 2.24) is 9.62 Å². The Morgan fingerprint density at radius 1 is 1.00 bits per heavy atom. The van der Waals surface area contributed by atoms with Gasteiger partial charge in [0.15, 0.2) is 0 Å². The molecule has 2 aromatic rings. The van der Waals surface area contributed by atoms with Crippen molar-refractivity contribution >= 4 is 15.9 Å². The molecule has 1 amide bonds. The molecule has 0 aromatic heterocycles. The largest absolute Gasteiger partial charge is 0.379 e. The second kappa shape index (κ2) is 9.49. The molecule has 3 rings (SSSR count). The van der Waals surface area contributed by atoms with Crippen molar-refractivity contribution in [2.24, 2.45) is 0 Å². The van der Waals surface area contributed by atoms with E-state index in [4.69, 9.17) is 4.74 Å². The standard InChI is InChI=1S/C21H27N3O4S/c1-23(2)16-18-5-3-17(4-6-18)15-22-21(25)19-7-9-20(10-8-19)29(26,27)24-11-13-28-14-12-24/h3-10H,11-16H2,1-2H3,(H,22,25)/p+1. The summed E-state index contributed by atoms with van der Waals surface area (Å²) >= 11 is 0. The number of benzene rings is 2. The van der Waals surface area contributed by atoms with Gasteiger partial charge < -0.3 is 15.0 Å². The third-order valence-electron chi connectivity index (χ3n) is 4.76. The lowest BCUT2D eigenvalue weighted by Crippen LogP contribution is -3.04. The highest BCUT2D eigenvalue weighted by Gasteiger charge is 2.26. The van der Waals surface area contributed by atoms with Crippen molar-refractivity contribution in [3.8, 4) is 0 Å². The summed E-state index contributed by atoms with van der Waals surface area (Å²) in [6.07, 6.45) is 0. The Morgan fingerprint density at radius 2 is 1.59 bits per heavy atom. The predicted molar refractivity (Wildman–Crippen MR) is 110 cm³/mol. The first-order chi connectivity index (χ1) is 13.9. The molecule has 0 atom stereocenters.